The second-order valence-corrected chi connectivity index (χ2v) is 6.67. The summed E-state index contributed by atoms with van der Waals surface area (Å²) < 4.78 is 12.1. The van der Waals surface area contributed by atoms with Crippen molar-refractivity contribution in [2.24, 2.45) is 0 Å². The zero-order chi connectivity index (χ0) is 20.8. The largest absolute Gasteiger partial charge is 0.462 e. The molecule has 1 heterocycles. The number of aryl methyl sites for hydroxylation is 1. The fraction of sp³-hybridized carbons (Fsp3) is 0.381. The van der Waals surface area contributed by atoms with E-state index in [0.717, 1.165) is 11.4 Å². The molecule has 2 aromatic rings. The van der Waals surface area contributed by atoms with Crippen LogP contribution in [0.3, 0.4) is 0 Å². The molecule has 0 fully saturated rings. The Morgan fingerprint density at radius 3 is 2.21 bits per heavy atom. The van der Waals surface area contributed by atoms with Gasteiger partial charge in [-0.25, -0.2) is 9.59 Å². The van der Waals surface area contributed by atoms with Crippen LogP contribution in [0.2, 0.25) is 0 Å². The predicted octanol–water partition coefficient (Wildman–Crippen LogP) is 3.66. The maximum Gasteiger partial charge on any atom is 0.340 e. The summed E-state index contributed by atoms with van der Waals surface area (Å²) in [6.07, 6.45) is 0. The Morgan fingerprint density at radius 1 is 1.04 bits per heavy atom. The second kappa shape index (κ2) is 9.21. The van der Waals surface area contributed by atoms with E-state index in [1.807, 2.05) is 32.3 Å². The molecule has 0 saturated carbocycles. The van der Waals surface area contributed by atoms with Crippen LogP contribution in [0.4, 0.5) is 5.69 Å². The Morgan fingerprint density at radius 2 is 1.68 bits per heavy atom. The minimum Gasteiger partial charge on any atom is -0.462 e. The number of benzene rings is 1. The lowest BCUT2D eigenvalue weighted by Crippen LogP contribution is -2.21. The van der Waals surface area contributed by atoms with Gasteiger partial charge in [-0.05, 0) is 65.0 Å². The summed E-state index contributed by atoms with van der Waals surface area (Å²) in [5.74, 6) is -1.42. The summed E-state index contributed by atoms with van der Waals surface area (Å²) in [5.41, 5.74) is 3.12. The van der Waals surface area contributed by atoms with Gasteiger partial charge in [0.2, 0.25) is 0 Å². The van der Waals surface area contributed by atoms with E-state index in [1.54, 1.807) is 37.3 Å². The average molecular weight is 386 g/mol. The normalized spacial score (nSPS) is 10.6. The van der Waals surface area contributed by atoms with E-state index in [-0.39, 0.29) is 6.04 Å². The van der Waals surface area contributed by atoms with Crippen molar-refractivity contribution in [3.8, 4) is 0 Å². The molecule has 28 heavy (non-hydrogen) atoms. The van der Waals surface area contributed by atoms with Crippen LogP contribution in [0.25, 0.3) is 0 Å². The first-order valence-corrected chi connectivity index (χ1v) is 9.17. The van der Waals surface area contributed by atoms with Gasteiger partial charge in [-0.1, -0.05) is 0 Å². The smallest absolute Gasteiger partial charge is 0.340 e. The molecule has 7 heteroatoms. The molecule has 150 valence electrons. The first kappa shape index (κ1) is 21.2. The minimum absolute atomic E-state index is 0.224. The van der Waals surface area contributed by atoms with Crippen molar-refractivity contribution >= 4 is 23.5 Å². The topological polar surface area (TPSA) is 86.6 Å². The highest BCUT2D eigenvalue weighted by molar-refractivity contribution is 5.96. The summed E-state index contributed by atoms with van der Waals surface area (Å²) in [6, 6.07) is 8.27. The van der Waals surface area contributed by atoms with E-state index in [1.165, 1.54) is 0 Å². The third-order valence-electron chi connectivity index (χ3n) is 4.23. The standard InChI is InChI=1S/C21H26N2O5/c1-6-27-20(25)16-7-9-17(10-8-16)22-19(24)12-28-21(26)18-11-14(4)23(13(2)3)15(18)5/h7-11,13H,6,12H2,1-5H3,(H,22,24). The molecule has 0 aliphatic heterocycles. The van der Waals surface area contributed by atoms with Gasteiger partial charge in [-0.15, -0.1) is 0 Å². The number of hydrogen-bond donors (Lipinski definition) is 1. The summed E-state index contributed by atoms with van der Waals surface area (Å²) in [5, 5.41) is 2.62. The number of amides is 1. The van der Waals surface area contributed by atoms with E-state index in [4.69, 9.17) is 9.47 Å². The molecule has 7 nitrogen and oxygen atoms in total. The van der Waals surface area contributed by atoms with Crippen molar-refractivity contribution in [2.75, 3.05) is 18.5 Å². The Balaban J connectivity index is 1.93. The van der Waals surface area contributed by atoms with Crippen molar-refractivity contribution in [3.05, 3.63) is 52.8 Å². The molecule has 1 aromatic carbocycles. The van der Waals surface area contributed by atoms with Crippen molar-refractivity contribution in [2.45, 2.75) is 40.7 Å². The molecule has 1 aromatic heterocycles. The highest BCUT2D eigenvalue weighted by Crippen LogP contribution is 2.20. The average Bonchev–Trinajstić information content (AvgIpc) is 2.95. The molecule has 0 unspecified atom stereocenters. The fourth-order valence-corrected chi connectivity index (χ4v) is 3.09. The Bertz CT molecular complexity index is 866. The number of anilines is 1. The predicted molar refractivity (Wildman–Crippen MR) is 106 cm³/mol. The van der Waals surface area contributed by atoms with Gasteiger partial charge < -0.3 is 19.4 Å². The van der Waals surface area contributed by atoms with Crippen molar-refractivity contribution in [1.82, 2.24) is 4.57 Å². The second-order valence-electron chi connectivity index (χ2n) is 6.67. The summed E-state index contributed by atoms with van der Waals surface area (Å²) in [7, 11) is 0. The Hall–Kier alpha value is -3.09. The summed E-state index contributed by atoms with van der Waals surface area (Å²) in [6.45, 7) is 9.48. The molecule has 0 aliphatic carbocycles. The fourth-order valence-electron chi connectivity index (χ4n) is 3.09. The highest BCUT2D eigenvalue weighted by Gasteiger charge is 2.19. The molecular formula is C21H26N2O5. The highest BCUT2D eigenvalue weighted by atomic mass is 16.5. The van der Waals surface area contributed by atoms with Crippen LogP contribution in [0.5, 0.6) is 0 Å². The van der Waals surface area contributed by atoms with Crippen LogP contribution in [-0.4, -0.2) is 35.6 Å². The molecule has 0 saturated heterocycles. The third kappa shape index (κ3) is 5.00. The van der Waals surface area contributed by atoms with Gasteiger partial charge in [-0.2, -0.15) is 0 Å². The summed E-state index contributed by atoms with van der Waals surface area (Å²) in [4.78, 5) is 36.0. The first-order chi connectivity index (χ1) is 13.2. The maximum absolute atomic E-state index is 12.3. The van der Waals surface area contributed by atoms with Crippen molar-refractivity contribution in [3.63, 3.8) is 0 Å². The molecule has 0 aliphatic rings. The van der Waals surface area contributed by atoms with Gasteiger partial charge in [0.05, 0.1) is 17.7 Å². The molecule has 1 amide bonds. The summed E-state index contributed by atoms with van der Waals surface area (Å²) >= 11 is 0. The maximum atomic E-state index is 12.3. The van der Waals surface area contributed by atoms with E-state index in [2.05, 4.69) is 5.32 Å². The van der Waals surface area contributed by atoms with Crippen molar-refractivity contribution < 1.29 is 23.9 Å². The monoisotopic (exact) mass is 386 g/mol. The number of nitrogens with zero attached hydrogens (tertiary/aromatic N) is 1. The molecule has 0 radical (unpaired) electrons. The van der Waals surface area contributed by atoms with Crippen LogP contribution in [0.1, 0.15) is 58.9 Å². The molecule has 1 N–H and O–H groups in total. The van der Waals surface area contributed by atoms with E-state index in [0.29, 0.717) is 23.4 Å². The molecular weight excluding hydrogens is 360 g/mol. The number of carbonyl (C=O) groups is 3. The van der Waals surface area contributed by atoms with Crippen LogP contribution >= 0.6 is 0 Å². The molecule has 0 bridgehead atoms. The van der Waals surface area contributed by atoms with Gasteiger partial charge in [-0.3, -0.25) is 4.79 Å². The SMILES string of the molecule is CCOC(=O)c1ccc(NC(=O)COC(=O)c2cc(C)n(C(C)C)c2C)cc1. The van der Waals surface area contributed by atoms with Crippen LogP contribution in [0.15, 0.2) is 30.3 Å². The van der Waals surface area contributed by atoms with E-state index in [9.17, 15) is 14.4 Å². The van der Waals surface area contributed by atoms with E-state index >= 15 is 0 Å². The number of ether oxygens (including phenoxy) is 2. The zero-order valence-corrected chi connectivity index (χ0v) is 16.9. The van der Waals surface area contributed by atoms with Gasteiger partial charge in [0.25, 0.3) is 5.91 Å². The van der Waals surface area contributed by atoms with Crippen LogP contribution in [0, 0.1) is 13.8 Å². The first-order valence-electron chi connectivity index (χ1n) is 9.17. The lowest BCUT2D eigenvalue weighted by molar-refractivity contribution is -0.119. The lowest BCUT2D eigenvalue weighted by atomic mass is 10.2. The van der Waals surface area contributed by atoms with E-state index < -0.39 is 24.5 Å². The lowest BCUT2D eigenvalue weighted by Gasteiger charge is -2.13. The van der Waals surface area contributed by atoms with Crippen LogP contribution < -0.4 is 5.32 Å². The Kier molecular flexibility index (Phi) is 6.98. The molecule has 0 spiro atoms. The number of esters is 2. The number of nitrogens with one attached hydrogen (secondary N) is 1. The van der Waals surface area contributed by atoms with Gasteiger partial charge in [0, 0.05) is 23.1 Å². The number of aromatic nitrogens is 1. The minimum atomic E-state index is -0.534. The molecule has 0 atom stereocenters. The Labute approximate surface area is 164 Å². The third-order valence-corrected chi connectivity index (χ3v) is 4.23. The van der Waals surface area contributed by atoms with Crippen LogP contribution in [-0.2, 0) is 14.3 Å². The van der Waals surface area contributed by atoms with Gasteiger partial charge in [0.1, 0.15) is 0 Å². The zero-order valence-electron chi connectivity index (χ0n) is 16.9. The number of carbonyl (C=O) groups excluding carboxylic acids is 3. The number of rotatable bonds is 7. The van der Waals surface area contributed by atoms with Gasteiger partial charge >= 0.3 is 11.9 Å². The number of hydrogen-bond acceptors (Lipinski definition) is 5. The van der Waals surface area contributed by atoms with Gasteiger partial charge in [0.15, 0.2) is 6.61 Å². The van der Waals surface area contributed by atoms with Crippen molar-refractivity contribution in [1.29, 1.82) is 0 Å². The molecule has 2 rings (SSSR count). The quantitative estimate of drug-likeness (QED) is 0.734.